The number of hydrogen-bond donors (Lipinski definition) is 2. The van der Waals surface area contributed by atoms with Gasteiger partial charge in [0.2, 0.25) is 0 Å². The maximum Gasteiger partial charge on any atom is 0.252 e. The van der Waals surface area contributed by atoms with E-state index in [0.29, 0.717) is 12.1 Å². The molecule has 1 aromatic carbocycles. The number of benzene rings is 1. The van der Waals surface area contributed by atoms with Gasteiger partial charge in [-0.05, 0) is 48.2 Å². The highest BCUT2D eigenvalue weighted by atomic mass is 16.1. The molecule has 0 saturated heterocycles. The smallest absolute Gasteiger partial charge is 0.252 e. The average Bonchev–Trinajstić information content (AvgIpc) is 3.21. The Hall–Kier alpha value is -3.67. The van der Waals surface area contributed by atoms with Crippen LogP contribution in [0.2, 0.25) is 0 Å². The second-order valence-electron chi connectivity index (χ2n) is 7.32. The molecule has 2 N–H and O–H groups in total. The number of aromatic nitrogens is 3. The van der Waals surface area contributed by atoms with E-state index in [-0.39, 0.29) is 5.91 Å². The number of carbonyl (C=O) groups excluding carboxylic acids is 1. The fraction of sp³-hybridized carbons (Fsp3) is 0.208. The average molecular weight is 399 g/mol. The Balaban J connectivity index is 1.33. The molecule has 0 aliphatic rings. The Morgan fingerprint density at radius 3 is 2.77 bits per heavy atom. The van der Waals surface area contributed by atoms with Crippen molar-refractivity contribution < 1.29 is 4.79 Å². The zero-order chi connectivity index (χ0) is 20.8. The van der Waals surface area contributed by atoms with Crippen molar-refractivity contribution in [2.45, 2.75) is 12.8 Å². The first-order chi connectivity index (χ1) is 14.7. The van der Waals surface area contributed by atoms with Crippen LogP contribution in [-0.4, -0.2) is 41.0 Å². The minimum absolute atomic E-state index is 0.105. The Morgan fingerprint density at radius 2 is 1.90 bits per heavy atom. The topological polar surface area (TPSA) is 73.9 Å². The Morgan fingerprint density at radius 1 is 1.07 bits per heavy atom. The van der Waals surface area contributed by atoms with E-state index in [1.165, 1.54) is 16.5 Å². The number of H-pyrrole nitrogens is 1. The maximum atomic E-state index is 12.6. The third kappa shape index (κ3) is 4.66. The summed E-state index contributed by atoms with van der Waals surface area (Å²) in [7, 11) is 2.01. The molecule has 0 saturated carbocycles. The molecular formula is C24H25N5O. The van der Waals surface area contributed by atoms with Gasteiger partial charge in [0.1, 0.15) is 0 Å². The van der Waals surface area contributed by atoms with Crippen LogP contribution < -0.4 is 10.2 Å². The predicted molar refractivity (Wildman–Crippen MR) is 120 cm³/mol. The van der Waals surface area contributed by atoms with Crippen LogP contribution in [-0.2, 0) is 12.8 Å². The van der Waals surface area contributed by atoms with Crippen LogP contribution >= 0.6 is 0 Å². The number of fused-ring (bicyclic) bond motifs is 1. The number of nitrogens with zero attached hydrogens (tertiary/aromatic N) is 3. The second-order valence-corrected chi connectivity index (χ2v) is 7.32. The lowest BCUT2D eigenvalue weighted by Gasteiger charge is -2.19. The van der Waals surface area contributed by atoms with Crippen molar-refractivity contribution in [2.75, 3.05) is 25.0 Å². The van der Waals surface area contributed by atoms with Crippen LogP contribution in [0.3, 0.4) is 0 Å². The number of anilines is 1. The van der Waals surface area contributed by atoms with Crippen molar-refractivity contribution in [3.8, 4) is 0 Å². The number of para-hydroxylation sites is 1. The van der Waals surface area contributed by atoms with Gasteiger partial charge in [-0.2, -0.15) is 0 Å². The van der Waals surface area contributed by atoms with Gasteiger partial charge in [-0.1, -0.05) is 18.2 Å². The van der Waals surface area contributed by atoms with Gasteiger partial charge in [-0.3, -0.25) is 14.8 Å². The van der Waals surface area contributed by atoms with Crippen LogP contribution in [0.5, 0.6) is 0 Å². The molecule has 4 rings (SSSR count). The lowest BCUT2D eigenvalue weighted by atomic mass is 10.1. The number of amides is 1. The predicted octanol–water partition coefficient (Wildman–Crippen LogP) is 3.61. The van der Waals surface area contributed by atoms with Gasteiger partial charge in [-0.25, -0.2) is 0 Å². The van der Waals surface area contributed by atoms with Crippen LogP contribution in [0.1, 0.15) is 21.5 Å². The number of rotatable bonds is 8. The van der Waals surface area contributed by atoms with Crippen molar-refractivity contribution in [3.63, 3.8) is 0 Å². The first-order valence-electron chi connectivity index (χ1n) is 10.1. The van der Waals surface area contributed by atoms with Gasteiger partial charge in [-0.15, -0.1) is 0 Å². The molecule has 0 aliphatic heterocycles. The first-order valence-corrected chi connectivity index (χ1v) is 10.1. The molecule has 0 spiro atoms. The van der Waals surface area contributed by atoms with Crippen LogP contribution in [0, 0.1) is 0 Å². The van der Waals surface area contributed by atoms with Crippen molar-refractivity contribution in [1.29, 1.82) is 0 Å². The highest BCUT2D eigenvalue weighted by Crippen LogP contribution is 2.18. The maximum absolute atomic E-state index is 12.6. The van der Waals surface area contributed by atoms with E-state index in [9.17, 15) is 4.79 Å². The molecular weight excluding hydrogens is 374 g/mol. The monoisotopic (exact) mass is 399 g/mol. The van der Waals surface area contributed by atoms with E-state index in [1.807, 2.05) is 43.6 Å². The second kappa shape index (κ2) is 9.22. The van der Waals surface area contributed by atoms with Crippen molar-refractivity contribution >= 4 is 22.5 Å². The molecule has 3 heterocycles. The number of carbonyl (C=O) groups is 1. The summed E-state index contributed by atoms with van der Waals surface area (Å²) in [4.78, 5) is 26.3. The van der Waals surface area contributed by atoms with E-state index in [4.69, 9.17) is 0 Å². The Bertz CT molecular complexity index is 1120. The fourth-order valence-corrected chi connectivity index (χ4v) is 3.49. The summed E-state index contributed by atoms with van der Waals surface area (Å²) in [5, 5.41) is 4.21. The molecule has 3 aromatic heterocycles. The SMILES string of the molecule is CN(CCc1ccncc1)c1cncc(C(=O)NCCc2c[nH]c3ccccc23)c1. The first kappa shape index (κ1) is 19.6. The Kier molecular flexibility index (Phi) is 6.03. The summed E-state index contributed by atoms with van der Waals surface area (Å²) in [5.74, 6) is -0.105. The van der Waals surface area contributed by atoms with E-state index in [2.05, 4.69) is 37.3 Å². The third-order valence-corrected chi connectivity index (χ3v) is 5.27. The van der Waals surface area contributed by atoms with Crippen LogP contribution in [0.25, 0.3) is 10.9 Å². The molecule has 6 nitrogen and oxygen atoms in total. The molecule has 0 bridgehead atoms. The minimum Gasteiger partial charge on any atom is -0.373 e. The molecule has 4 aromatic rings. The number of likely N-dealkylation sites (N-methyl/N-ethyl adjacent to an activating group) is 1. The van der Waals surface area contributed by atoms with Gasteiger partial charge in [0.25, 0.3) is 5.91 Å². The van der Waals surface area contributed by atoms with E-state index >= 15 is 0 Å². The van der Waals surface area contributed by atoms with Gasteiger partial charge >= 0.3 is 0 Å². The number of pyridine rings is 2. The van der Waals surface area contributed by atoms with E-state index in [0.717, 1.165) is 30.6 Å². The van der Waals surface area contributed by atoms with Crippen molar-refractivity contribution in [1.82, 2.24) is 20.3 Å². The fourth-order valence-electron chi connectivity index (χ4n) is 3.49. The van der Waals surface area contributed by atoms with Crippen LogP contribution in [0.15, 0.2) is 73.4 Å². The molecule has 152 valence electrons. The van der Waals surface area contributed by atoms with Crippen molar-refractivity contribution in [3.05, 3.63) is 90.1 Å². The van der Waals surface area contributed by atoms with Gasteiger partial charge in [0.05, 0.1) is 17.4 Å². The molecule has 0 atom stereocenters. The highest BCUT2D eigenvalue weighted by Gasteiger charge is 2.10. The molecule has 6 heteroatoms. The summed E-state index contributed by atoms with van der Waals surface area (Å²) in [5.41, 5.74) is 5.05. The largest absolute Gasteiger partial charge is 0.373 e. The summed E-state index contributed by atoms with van der Waals surface area (Å²) in [6, 6.07) is 14.1. The van der Waals surface area contributed by atoms with Crippen molar-refractivity contribution in [2.24, 2.45) is 0 Å². The zero-order valence-electron chi connectivity index (χ0n) is 17.0. The summed E-state index contributed by atoms with van der Waals surface area (Å²) >= 11 is 0. The summed E-state index contributed by atoms with van der Waals surface area (Å²) in [6.07, 6.45) is 10.7. The van der Waals surface area contributed by atoms with E-state index < -0.39 is 0 Å². The number of hydrogen-bond acceptors (Lipinski definition) is 4. The standard InChI is InChI=1S/C24H25N5O/c1-29(13-9-18-6-10-25-11-7-18)21-14-20(15-26-17-21)24(30)27-12-8-19-16-28-23-5-3-2-4-22(19)23/h2-7,10-11,14-17,28H,8-9,12-13H2,1H3,(H,27,30). The molecule has 0 unspecified atom stereocenters. The van der Waals surface area contributed by atoms with Gasteiger partial charge in [0.15, 0.2) is 0 Å². The third-order valence-electron chi connectivity index (χ3n) is 5.27. The normalized spacial score (nSPS) is 10.8. The van der Waals surface area contributed by atoms with E-state index in [1.54, 1.807) is 24.8 Å². The molecule has 0 aliphatic carbocycles. The van der Waals surface area contributed by atoms with Crippen LogP contribution in [0.4, 0.5) is 5.69 Å². The molecule has 1 amide bonds. The Labute approximate surface area is 176 Å². The molecule has 0 radical (unpaired) electrons. The summed E-state index contributed by atoms with van der Waals surface area (Å²) < 4.78 is 0. The number of aromatic amines is 1. The lowest BCUT2D eigenvalue weighted by molar-refractivity contribution is 0.0954. The minimum atomic E-state index is -0.105. The molecule has 30 heavy (non-hydrogen) atoms. The lowest BCUT2D eigenvalue weighted by Crippen LogP contribution is -2.26. The van der Waals surface area contributed by atoms with Gasteiger partial charge < -0.3 is 15.2 Å². The van der Waals surface area contributed by atoms with Gasteiger partial charge in [0, 0.05) is 55.8 Å². The quantitative estimate of drug-likeness (QED) is 0.475. The zero-order valence-corrected chi connectivity index (χ0v) is 17.0. The summed E-state index contributed by atoms with van der Waals surface area (Å²) in [6.45, 7) is 1.40. The number of nitrogens with one attached hydrogen (secondary N) is 2. The highest BCUT2D eigenvalue weighted by molar-refractivity contribution is 5.94. The molecule has 0 fully saturated rings.